The molecule has 39 heteroatoms. The molecule has 0 spiro atoms. The van der Waals surface area contributed by atoms with E-state index in [1.54, 1.807) is 41.5 Å². The van der Waals surface area contributed by atoms with Crippen molar-refractivity contribution in [2.24, 2.45) is 28.0 Å². The Morgan fingerprint density at radius 3 is 1.38 bits per heavy atom. The van der Waals surface area contributed by atoms with Crippen LogP contribution in [-0.2, 0) is 117 Å². The first-order valence-corrected chi connectivity index (χ1v) is 38.6. The lowest BCUT2D eigenvalue weighted by molar-refractivity contribution is -0.374. The number of rotatable bonds is 44. The molecule has 37 nitrogen and oxygen atoms in total. The number of carbonyl (C=O) groups excluding carboxylic acids is 13. The van der Waals surface area contributed by atoms with E-state index in [4.69, 9.17) is 58.9 Å². The average Bonchev–Trinajstić information content (AvgIpc) is 0.920. The molecule has 0 unspecified atom stereocenters. The second-order valence-electron chi connectivity index (χ2n) is 29.4. The van der Waals surface area contributed by atoms with Gasteiger partial charge in [0.2, 0.25) is 11.8 Å². The molecule has 4 aromatic carbocycles. The number of carboxylic acid groups (broad SMARTS) is 1. The summed E-state index contributed by atoms with van der Waals surface area (Å²) in [6.45, 7) is 25.1. The predicted octanol–water partition coefficient (Wildman–Crippen LogP) is 7.88. The number of amides is 5. The van der Waals surface area contributed by atoms with Gasteiger partial charge < -0.3 is 94.3 Å². The summed E-state index contributed by atoms with van der Waals surface area (Å²) in [5.41, 5.74) is 22.3. The molecule has 0 radical (unpaired) electrons. The van der Waals surface area contributed by atoms with Gasteiger partial charge in [0, 0.05) is 61.6 Å². The Morgan fingerprint density at radius 1 is 0.542 bits per heavy atom. The average molecular weight is 1690 g/mol. The van der Waals surface area contributed by atoms with Crippen molar-refractivity contribution in [3.8, 4) is 11.5 Å². The van der Waals surface area contributed by atoms with Crippen molar-refractivity contribution in [3.05, 3.63) is 152 Å². The molecule has 4 aromatic rings. The van der Waals surface area contributed by atoms with E-state index in [2.05, 4.69) is 66.6 Å². The second-order valence-corrected chi connectivity index (χ2v) is 29.4. The summed E-state index contributed by atoms with van der Waals surface area (Å²) in [5, 5.41) is 28.1. The van der Waals surface area contributed by atoms with E-state index in [0.717, 1.165) is 34.5 Å². The predicted molar refractivity (Wildman–Crippen MR) is 424 cm³/mol. The molecule has 3 fully saturated rings. The molecule has 6 atom stereocenters. The molecule has 3 heterocycles. The summed E-state index contributed by atoms with van der Waals surface area (Å²) in [6, 6.07) is 30.4. The number of nitrogens with zero attached hydrogens (tertiary/aromatic N) is 6. The fourth-order valence-electron chi connectivity index (χ4n) is 10.4. The number of ether oxygens (including phenoxy) is 11. The highest BCUT2D eigenvalue weighted by molar-refractivity contribution is 5.98. The number of Topliss-reactive ketones (excluding diaryl/α,β-unsaturated/α-hetero) is 2. The monoisotopic (exact) mass is 1690 g/mol. The first kappa shape index (κ1) is 104. The van der Waals surface area contributed by atoms with Crippen LogP contribution >= 0.6 is 0 Å². The standard InChI is InChI=1S/C40H57N5O9.C17H15NO4.C9H13NO5.C7H11NO3.C6H14N4O2.C2H2F2O2/c1-28(2)23-32(25-37(48)34(43-29(3)46)24-30-14-16-33(17-15-30)53-27-31-11-8-7-9-12-31)39(50)44-35(26-38(49)54-40(4,5)6)36(47)13-10-19-51-21-22-52-20-18-42-45-41;19-16-15(18-17(20)22-16)10-12-6-8-14(9-7-12)21-11-13-4-2-1-3-5-13;1-9(2,3)15-6(11)4-5-7(12)14-8(13)10-5;1-4(2)3-5-6(9)11-7(10)8-5;7-1-3-11-5-6-12-4-2-9-10-8;3-1(4)2(5)6/h7-9,11-12,14-17,28,32,34-35H,10,13,18-27H2,1-6H3,(H,43,46)(H,44,50);1-9,15H,10-11H2,(H,18,20);5H,4H2,1-3H3,(H,10,13);4-5H,3H2,1-2H3,(H,8,10);1-7H2;1H,(H,5,6)/t32-,34+,35+;15-;2*5-;;/m1000../s1. The van der Waals surface area contributed by atoms with Gasteiger partial charge in [0.25, 0.3) is 6.43 Å². The van der Waals surface area contributed by atoms with Crippen LogP contribution in [0.25, 0.3) is 20.9 Å². The third-order valence-electron chi connectivity index (χ3n) is 15.6. The fraction of sp³-hybridized carbons (Fsp3) is 0.543. The van der Waals surface area contributed by atoms with Crippen molar-refractivity contribution in [2.75, 3.05) is 72.5 Å². The lowest BCUT2D eigenvalue weighted by atomic mass is 9.88. The normalized spacial score (nSPS) is 15.1. The van der Waals surface area contributed by atoms with Crippen LogP contribution in [0, 0.1) is 17.8 Å². The highest BCUT2D eigenvalue weighted by Gasteiger charge is 2.37. The van der Waals surface area contributed by atoms with E-state index >= 15 is 0 Å². The molecule has 0 aromatic heterocycles. The molecule has 3 aliphatic rings. The van der Waals surface area contributed by atoms with Crippen LogP contribution in [-0.4, -0.2) is 198 Å². The topological polar surface area (TPSA) is 532 Å². The Hall–Kier alpha value is -11.7. The summed E-state index contributed by atoms with van der Waals surface area (Å²) >= 11 is 0. The van der Waals surface area contributed by atoms with Crippen molar-refractivity contribution in [2.45, 2.75) is 195 Å². The number of aliphatic carboxylic acids is 1. The lowest BCUT2D eigenvalue weighted by Gasteiger charge is -2.26. The molecule has 7 rings (SSSR count). The summed E-state index contributed by atoms with van der Waals surface area (Å²) in [4.78, 5) is 157. The van der Waals surface area contributed by atoms with Crippen molar-refractivity contribution in [1.82, 2.24) is 26.6 Å². The van der Waals surface area contributed by atoms with Crippen LogP contribution in [0.15, 0.2) is 119 Å². The van der Waals surface area contributed by atoms with E-state index in [0.29, 0.717) is 90.1 Å². The molecule has 0 aliphatic carbocycles. The van der Waals surface area contributed by atoms with Crippen molar-refractivity contribution in [1.29, 1.82) is 0 Å². The third kappa shape index (κ3) is 50.1. The van der Waals surface area contributed by atoms with Gasteiger partial charge in [0.1, 0.15) is 60.0 Å². The third-order valence-corrected chi connectivity index (χ3v) is 15.6. The Balaban J connectivity index is 0.000000592. The quantitative estimate of drug-likeness (QED) is 0.00466. The van der Waals surface area contributed by atoms with Gasteiger partial charge in [-0.1, -0.05) is 123 Å². The van der Waals surface area contributed by atoms with Crippen molar-refractivity contribution < 1.29 is 134 Å². The summed E-state index contributed by atoms with van der Waals surface area (Å²) in [6.07, 6.45) is -4.28. The highest BCUT2D eigenvalue weighted by Crippen LogP contribution is 2.23. The van der Waals surface area contributed by atoms with E-state index < -0.39 is 114 Å². The molecule has 120 heavy (non-hydrogen) atoms. The van der Waals surface area contributed by atoms with Gasteiger partial charge in [-0.05, 0) is 137 Å². The van der Waals surface area contributed by atoms with Gasteiger partial charge in [0.05, 0.1) is 77.7 Å². The second kappa shape index (κ2) is 58.2. The summed E-state index contributed by atoms with van der Waals surface area (Å²) in [5.74, 6) is -5.87. The first-order chi connectivity index (χ1) is 56.8. The number of carboxylic acids is 1. The molecule has 0 bridgehead atoms. The van der Waals surface area contributed by atoms with Gasteiger partial charge in [-0.25, -0.2) is 37.5 Å². The number of esters is 5. The number of hydrogen-bond acceptors (Lipinski definition) is 27. The lowest BCUT2D eigenvalue weighted by Crippen LogP contribution is -2.52. The van der Waals surface area contributed by atoms with Gasteiger partial charge in [-0.15, -0.1) is 0 Å². The number of carbonyl (C=O) groups is 13. The Labute approximate surface area is 694 Å². The Bertz CT molecular complexity index is 3950. The van der Waals surface area contributed by atoms with Gasteiger partial charge in [-0.2, -0.15) is 0 Å². The van der Waals surface area contributed by atoms with E-state index in [9.17, 15) is 66.3 Å². The first-order valence-electron chi connectivity index (χ1n) is 38.6. The molecule has 660 valence electrons. The van der Waals surface area contributed by atoms with Crippen molar-refractivity contribution >= 4 is 77.5 Å². The highest BCUT2D eigenvalue weighted by atomic mass is 19.3. The van der Waals surface area contributed by atoms with Crippen LogP contribution in [0.1, 0.15) is 143 Å². The smallest absolute Gasteiger partial charge is 0.415 e. The number of halogens is 2. The van der Waals surface area contributed by atoms with Crippen LogP contribution in [0.5, 0.6) is 11.5 Å². The SMILES string of the molecule is CC(=O)N[C@@H](Cc1ccc(OCc2ccccc2)cc1)C(=O)C[C@@H](CC(C)C)C(=O)N[C@@H](CC(=O)OC(C)(C)C)C(=O)CCCOCCOCCN=[N+]=[N-].CC(C)(C)OC(=O)C[C@@H]1NC(=O)OC1=O.CC(C)C[C@@H]1NC(=O)OC1=O.O=C([O-])C(F)F.O=C1N[C@@H](Cc2ccc(OCc3ccccc3)cc2)C(=O)O1.[N-]=[N+]=NCCOCCOCC[NH3+]. The number of hydrogen-bond donors (Lipinski definition) is 6. The van der Waals surface area contributed by atoms with Crippen LogP contribution < -0.4 is 46.9 Å². The minimum Gasteiger partial charge on any atom is -0.544 e. The summed E-state index contributed by atoms with van der Waals surface area (Å²) in [7, 11) is 0. The zero-order valence-corrected chi connectivity index (χ0v) is 69.5. The molecule has 0 saturated carbocycles. The fourth-order valence-corrected chi connectivity index (χ4v) is 10.4. The minimum atomic E-state index is -3.34. The zero-order chi connectivity index (χ0) is 89.6. The largest absolute Gasteiger partial charge is 0.544 e. The molecular formula is C81H112F2N12O25. The number of nitrogens with one attached hydrogen (secondary N) is 5. The van der Waals surface area contributed by atoms with Gasteiger partial charge in [-0.3, -0.25) is 28.8 Å². The number of cyclic esters (lactones) is 6. The number of alkyl carbamates (subject to hydrolysis) is 3. The molecule has 5 amide bonds. The van der Waals surface area contributed by atoms with E-state index in [1.165, 1.54) is 6.92 Å². The van der Waals surface area contributed by atoms with E-state index in [1.807, 2.05) is 137 Å². The maximum Gasteiger partial charge on any atom is 0.415 e. The van der Waals surface area contributed by atoms with Gasteiger partial charge in [0.15, 0.2) is 11.6 Å². The number of ketones is 2. The number of quaternary nitrogens is 1. The van der Waals surface area contributed by atoms with Crippen LogP contribution in [0.3, 0.4) is 0 Å². The zero-order valence-electron chi connectivity index (χ0n) is 69.5. The number of benzene rings is 4. The molecular weight excluding hydrogens is 1580 g/mol. The van der Waals surface area contributed by atoms with Crippen molar-refractivity contribution in [3.63, 3.8) is 0 Å². The van der Waals surface area contributed by atoms with Gasteiger partial charge >= 0.3 is 48.1 Å². The molecule has 3 saturated heterocycles. The maximum absolute atomic E-state index is 13.8. The van der Waals surface area contributed by atoms with Crippen LogP contribution in [0.2, 0.25) is 0 Å². The minimum absolute atomic E-state index is 0.0244. The van der Waals surface area contributed by atoms with Crippen LogP contribution in [0.4, 0.5) is 23.2 Å². The maximum atomic E-state index is 13.8. The molecule has 3 aliphatic heterocycles. The van der Waals surface area contributed by atoms with E-state index in [-0.39, 0.29) is 81.9 Å². The summed E-state index contributed by atoms with van der Waals surface area (Å²) < 4.78 is 76.9. The number of azide groups is 2. The Morgan fingerprint density at radius 2 is 0.975 bits per heavy atom. The number of alkyl halides is 2. The molecule has 8 N–H and O–H groups in total. The Kier molecular flexibility index (Phi) is 50.6.